The number of thiophene rings is 1. The molecule has 2 aromatic heterocycles. The summed E-state index contributed by atoms with van der Waals surface area (Å²) in [6.07, 6.45) is 1.29. The number of nitrogens with zero attached hydrogens (tertiary/aromatic N) is 2. The molecule has 0 aliphatic carbocycles. The Labute approximate surface area is 160 Å². The van der Waals surface area contributed by atoms with E-state index in [2.05, 4.69) is 4.98 Å². The minimum atomic E-state index is -3.37. The number of hydrogen-bond acceptors (Lipinski definition) is 7. The molecule has 138 valence electrons. The van der Waals surface area contributed by atoms with E-state index in [4.69, 9.17) is 9.47 Å². The molecule has 0 saturated carbocycles. The van der Waals surface area contributed by atoms with Gasteiger partial charge in [0.05, 0.1) is 17.3 Å². The van der Waals surface area contributed by atoms with E-state index in [-0.39, 0.29) is 6.10 Å². The zero-order chi connectivity index (χ0) is 18.1. The van der Waals surface area contributed by atoms with Crippen LogP contribution in [-0.4, -0.2) is 44.0 Å². The van der Waals surface area contributed by atoms with Gasteiger partial charge in [-0.05, 0) is 42.5 Å². The van der Waals surface area contributed by atoms with Gasteiger partial charge in [0.2, 0.25) is 0 Å². The quantitative estimate of drug-likeness (QED) is 0.643. The van der Waals surface area contributed by atoms with E-state index in [1.54, 1.807) is 28.9 Å². The fraction of sp³-hybridized carbons (Fsp3) is 0.353. The fourth-order valence-electron chi connectivity index (χ4n) is 2.93. The zero-order valence-corrected chi connectivity index (χ0v) is 16.6. The molecule has 1 aliphatic rings. The van der Waals surface area contributed by atoms with E-state index in [1.165, 1.54) is 22.7 Å². The third-order valence-electron chi connectivity index (χ3n) is 4.33. The van der Waals surface area contributed by atoms with Crippen molar-refractivity contribution in [1.29, 1.82) is 0 Å². The Hall–Kier alpha value is -1.68. The lowest BCUT2D eigenvalue weighted by atomic mass is 10.1. The topological polar surface area (TPSA) is 68.7 Å². The molecule has 0 amide bonds. The van der Waals surface area contributed by atoms with Crippen LogP contribution in [0.25, 0.3) is 10.2 Å². The Morgan fingerprint density at radius 2 is 2.04 bits per heavy atom. The van der Waals surface area contributed by atoms with Crippen molar-refractivity contribution in [3.05, 3.63) is 35.7 Å². The van der Waals surface area contributed by atoms with Crippen LogP contribution in [0.1, 0.15) is 12.8 Å². The third-order valence-corrected chi connectivity index (χ3v) is 8.51. The summed E-state index contributed by atoms with van der Waals surface area (Å²) < 4.78 is 39.3. The molecule has 4 rings (SSSR count). The standard InChI is InChI=1S/C17H18N2O4S3/c1-22-13-4-5-14-15(11-13)25-17(18-14)23-12-6-8-19(9-7-12)26(20,21)16-3-2-10-24-16/h2-5,10-12H,6-9H2,1H3. The van der Waals surface area contributed by atoms with Gasteiger partial charge in [0.1, 0.15) is 16.1 Å². The highest BCUT2D eigenvalue weighted by atomic mass is 32.2. The number of ether oxygens (including phenoxy) is 2. The van der Waals surface area contributed by atoms with Crippen LogP contribution in [0.3, 0.4) is 0 Å². The zero-order valence-electron chi connectivity index (χ0n) is 14.1. The number of hydrogen-bond donors (Lipinski definition) is 0. The highest BCUT2D eigenvalue weighted by molar-refractivity contribution is 7.91. The second kappa shape index (κ2) is 7.15. The number of thiazole rings is 1. The molecular formula is C17H18N2O4S3. The Morgan fingerprint density at radius 1 is 1.23 bits per heavy atom. The largest absolute Gasteiger partial charge is 0.497 e. The average Bonchev–Trinajstić information content (AvgIpc) is 3.31. The summed E-state index contributed by atoms with van der Waals surface area (Å²) in [5.41, 5.74) is 0.878. The Morgan fingerprint density at radius 3 is 2.73 bits per heavy atom. The number of aromatic nitrogens is 1. The van der Waals surface area contributed by atoms with Gasteiger partial charge in [0.25, 0.3) is 15.2 Å². The maximum atomic E-state index is 12.6. The summed E-state index contributed by atoms with van der Waals surface area (Å²) in [6, 6.07) is 9.14. The summed E-state index contributed by atoms with van der Waals surface area (Å²) in [6.45, 7) is 0.924. The lowest BCUT2D eigenvalue weighted by Crippen LogP contribution is -2.41. The van der Waals surface area contributed by atoms with Crippen molar-refractivity contribution in [2.24, 2.45) is 0 Å². The molecule has 1 aliphatic heterocycles. The first kappa shape index (κ1) is 17.7. The third kappa shape index (κ3) is 3.44. The van der Waals surface area contributed by atoms with E-state index in [9.17, 15) is 8.42 Å². The van der Waals surface area contributed by atoms with Gasteiger partial charge in [0.15, 0.2) is 0 Å². The van der Waals surface area contributed by atoms with E-state index < -0.39 is 10.0 Å². The molecule has 6 nitrogen and oxygen atoms in total. The van der Waals surface area contributed by atoms with Crippen molar-refractivity contribution < 1.29 is 17.9 Å². The van der Waals surface area contributed by atoms with Gasteiger partial charge in [-0.1, -0.05) is 17.4 Å². The predicted octanol–water partition coefficient (Wildman–Crippen LogP) is 3.60. The van der Waals surface area contributed by atoms with Crippen LogP contribution in [0.4, 0.5) is 0 Å². The highest BCUT2D eigenvalue weighted by Gasteiger charge is 2.31. The van der Waals surface area contributed by atoms with Crippen LogP contribution in [0.2, 0.25) is 0 Å². The Bertz CT molecular complexity index is 990. The molecule has 0 unspecified atom stereocenters. The van der Waals surface area contributed by atoms with Crippen LogP contribution in [0.5, 0.6) is 10.9 Å². The summed E-state index contributed by atoms with van der Waals surface area (Å²) in [5, 5.41) is 2.40. The summed E-state index contributed by atoms with van der Waals surface area (Å²) in [4.78, 5) is 4.50. The molecule has 1 saturated heterocycles. The van der Waals surface area contributed by atoms with Crippen LogP contribution in [0.15, 0.2) is 39.9 Å². The molecule has 3 heterocycles. The minimum Gasteiger partial charge on any atom is -0.497 e. The number of piperidine rings is 1. The Kier molecular flexibility index (Phi) is 4.87. The molecule has 1 aromatic carbocycles. The first-order valence-electron chi connectivity index (χ1n) is 8.21. The van der Waals surface area contributed by atoms with Crippen LogP contribution in [0, 0.1) is 0 Å². The monoisotopic (exact) mass is 410 g/mol. The maximum absolute atomic E-state index is 12.6. The van der Waals surface area contributed by atoms with E-state index >= 15 is 0 Å². The molecule has 0 N–H and O–H groups in total. The smallest absolute Gasteiger partial charge is 0.274 e. The molecule has 3 aromatic rings. The van der Waals surface area contributed by atoms with Gasteiger partial charge >= 0.3 is 0 Å². The van der Waals surface area contributed by atoms with Gasteiger partial charge in [-0.3, -0.25) is 0 Å². The van der Waals surface area contributed by atoms with Crippen molar-refractivity contribution >= 4 is 42.9 Å². The molecule has 0 spiro atoms. The number of rotatable bonds is 5. The van der Waals surface area contributed by atoms with Gasteiger partial charge in [0, 0.05) is 13.1 Å². The van der Waals surface area contributed by atoms with Crippen molar-refractivity contribution in [3.8, 4) is 10.9 Å². The van der Waals surface area contributed by atoms with Crippen LogP contribution >= 0.6 is 22.7 Å². The van der Waals surface area contributed by atoms with Gasteiger partial charge in [-0.15, -0.1) is 11.3 Å². The molecular weight excluding hydrogens is 392 g/mol. The van der Waals surface area contributed by atoms with Crippen molar-refractivity contribution in [2.45, 2.75) is 23.2 Å². The molecule has 9 heteroatoms. The molecule has 0 radical (unpaired) electrons. The van der Waals surface area contributed by atoms with E-state index in [0.29, 0.717) is 35.3 Å². The lowest BCUT2D eigenvalue weighted by Gasteiger charge is -2.30. The summed E-state index contributed by atoms with van der Waals surface area (Å²) >= 11 is 2.73. The number of methoxy groups -OCH3 is 1. The Balaban J connectivity index is 1.41. The van der Waals surface area contributed by atoms with Gasteiger partial charge in [-0.25, -0.2) is 13.4 Å². The SMILES string of the molecule is COc1ccc2nc(OC3CCN(S(=O)(=O)c4cccs4)CC3)sc2c1. The fourth-order valence-corrected chi connectivity index (χ4v) is 6.46. The molecule has 1 fully saturated rings. The second-order valence-electron chi connectivity index (χ2n) is 5.97. The lowest BCUT2D eigenvalue weighted by molar-refractivity contribution is 0.135. The number of fused-ring (bicyclic) bond motifs is 1. The first-order chi connectivity index (χ1) is 12.6. The van der Waals surface area contributed by atoms with E-state index in [0.717, 1.165) is 16.0 Å². The molecule has 26 heavy (non-hydrogen) atoms. The highest BCUT2D eigenvalue weighted by Crippen LogP contribution is 2.32. The first-order valence-corrected chi connectivity index (χ1v) is 11.3. The number of benzene rings is 1. The van der Waals surface area contributed by atoms with Gasteiger partial charge < -0.3 is 9.47 Å². The maximum Gasteiger partial charge on any atom is 0.274 e. The molecule has 0 bridgehead atoms. The average molecular weight is 411 g/mol. The van der Waals surface area contributed by atoms with Crippen molar-refractivity contribution in [3.63, 3.8) is 0 Å². The van der Waals surface area contributed by atoms with Crippen molar-refractivity contribution in [1.82, 2.24) is 9.29 Å². The normalized spacial score (nSPS) is 16.8. The minimum absolute atomic E-state index is 0.0211. The van der Waals surface area contributed by atoms with Gasteiger partial charge in [-0.2, -0.15) is 4.31 Å². The van der Waals surface area contributed by atoms with E-state index in [1.807, 2.05) is 18.2 Å². The predicted molar refractivity (Wildman–Crippen MR) is 103 cm³/mol. The van der Waals surface area contributed by atoms with Crippen molar-refractivity contribution in [2.75, 3.05) is 20.2 Å². The second-order valence-corrected chi connectivity index (χ2v) is 10.1. The number of sulfonamides is 1. The molecule has 0 atom stereocenters. The summed E-state index contributed by atoms with van der Waals surface area (Å²) in [7, 11) is -1.74. The van der Waals surface area contributed by atoms with Crippen LogP contribution < -0.4 is 9.47 Å². The van der Waals surface area contributed by atoms with Crippen LogP contribution in [-0.2, 0) is 10.0 Å². The summed E-state index contributed by atoms with van der Waals surface area (Å²) in [5.74, 6) is 0.791.